The highest BCUT2D eigenvalue weighted by Gasteiger charge is 2.22. The number of carbonyl (C=O) groups excluding carboxylic acids is 1. The van der Waals surface area contributed by atoms with Gasteiger partial charge in [0.05, 0.1) is 27.4 Å². The number of hydrogen-bond acceptors (Lipinski definition) is 5. The van der Waals surface area contributed by atoms with Crippen LogP contribution >= 0.6 is 0 Å². The number of benzene rings is 2. The largest absolute Gasteiger partial charge is 0.493 e. The molecular formula is C24H29NO5. The van der Waals surface area contributed by atoms with Gasteiger partial charge in [-0.2, -0.15) is 0 Å². The average molecular weight is 411 g/mol. The second-order valence-corrected chi connectivity index (χ2v) is 6.89. The SMILES string of the molecule is CCOc1cc2c(cc1OCC)CN(C(=O)/C=C/c1ccc(OC)c(OC)c1)CC2. The van der Waals surface area contributed by atoms with Crippen molar-refractivity contribution in [2.75, 3.05) is 34.0 Å². The van der Waals surface area contributed by atoms with Crippen LogP contribution in [0.4, 0.5) is 0 Å². The lowest BCUT2D eigenvalue weighted by Crippen LogP contribution is -2.34. The fraction of sp³-hybridized carbons (Fsp3) is 0.375. The van der Waals surface area contributed by atoms with Gasteiger partial charge in [-0.25, -0.2) is 0 Å². The van der Waals surface area contributed by atoms with Crippen molar-refractivity contribution in [3.8, 4) is 23.0 Å². The van der Waals surface area contributed by atoms with E-state index in [0.717, 1.165) is 29.0 Å². The highest BCUT2D eigenvalue weighted by atomic mass is 16.5. The molecule has 0 N–H and O–H groups in total. The maximum absolute atomic E-state index is 12.8. The van der Waals surface area contributed by atoms with E-state index in [-0.39, 0.29) is 5.91 Å². The van der Waals surface area contributed by atoms with Gasteiger partial charge in [-0.3, -0.25) is 4.79 Å². The van der Waals surface area contributed by atoms with E-state index in [1.807, 2.05) is 49.1 Å². The van der Waals surface area contributed by atoms with Gasteiger partial charge in [0, 0.05) is 19.2 Å². The molecule has 0 fully saturated rings. The fourth-order valence-electron chi connectivity index (χ4n) is 3.52. The molecule has 1 aliphatic heterocycles. The van der Waals surface area contributed by atoms with E-state index in [9.17, 15) is 4.79 Å². The van der Waals surface area contributed by atoms with Gasteiger partial charge < -0.3 is 23.8 Å². The zero-order valence-corrected chi connectivity index (χ0v) is 18.1. The van der Waals surface area contributed by atoms with Crippen molar-refractivity contribution in [1.29, 1.82) is 0 Å². The van der Waals surface area contributed by atoms with Gasteiger partial charge in [-0.05, 0) is 67.3 Å². The maximum atomic E-state index is 12.8. The molecule has 30 heavy (non-hydrogen) atoms. The fourth-order valence-corrected chi connectivity index (χ4v) is 3.52. The van der Waals surface area contributed by atoms with Crippen LogP contribution in [-0.4, -0.2) is 44.8 Å². The van der Waals surface area contributed by atoms with E-state index in [0.29, 0.717) is 37.8 Å². The Kier molecular flexibility index (Phi) is 7.22. The van der Waals surface area contributed by atoms with Crippen LogP contribution in [0, 0.1) is 0 Å². The zero-order chi connectivity index (χ0) is 21.5. The highest BCUT2D eigenvalue weighted by Crippen LogP contribution is 2.34. The normalized spacial score (nSPS) is 13.1. The second-order valence-electron chi connectivity index (χ2n) is 6.89. The number of fused-ring (bicyclic) bond motifs is 1. The van der Waals surface area contributed by atoms with Crippen molar-refractivity contribution in [3.63, 3.8) is 0 Å². The summed E-state index contributed by atoms with van der Waals surface area (Å²) in [5.41, 5.74) is 3.18. The van der Waals surface area contributed by atoms with Crippen molar-refractivity contribution in [3.05, 3.63) is 53.1 Å². The summed E-state index contributed by atoms with van der Waals surface area (Å²) in [6.45, 7) is 6.28. The Bertz CT molecular complexity index is 922. The monoisotopic (exact) mass is 411 g/mol. The predicted octanol–water partition coefficient (Wildman–Crippen LogP) is 4.10. The molecule has 6 heteroatoms. The Morgan fingerprint density at radius 3 is 2.23 bits per heavy atom. The van der Waals surface area contributed by atoms with Gasteiger partial charge in [0.2, 0.25) is 5.91 Å². The van der Waals surface area contributed by atoms with Gasteiger partial charge in [0.1, 0.15) is 0 Å². The third kappa shape index (κ3) is 4.87. The number of carbonyl (C=O) groups is 1. The Morgan fingerprint density at radius 2 is 1.60 bits per heavy atom. The number of ether oxygens (including phenoxy) is 4. The van der Waals surface area contributed by atoms with Crippen LogP contribution in [-0.2, 0) is 17.8 Å². The first-order chi connectivity index (χ1) is 14.6. The minimum absolute atomic E-state index is 0.0257. The van der Waals surface area contributed by atoms with E-state index in [2.05, 4.69) is 0 Å². The first kappa shape index (κ1) is 21.6. The molecule has 0 aliphatic carbocycles. The summed E-state index contributed by atoms with van der Waals surface area (Å²) in [7, 11) is 3.19. The zero-order valence-electron chi connectivity index (χ0n) is 18.1. The van der Waals surface area contributed by atoms with Crippen LogP contribution in [0.2, 0.25) is 0 Å². The van der Waals surface area contributed by atoms with Gasteiger partial charge in [-0.15, -0.1) is 0 Å². The van der Waals surface area contributed by atoms with Crippen molar-refractivity contribution in [2.45, 2.75) is 26.8 Å². The third-order valence-electron chi connectivity index (χ3n) is 5.02. The van der Waals surface area contributed by atoms with Crippen LogP contribution in [0.25, 0.3) is 6.08 Å². The van der Waals surface area contributed by atoms with E-state index in [4.69, 9.17) is 18.9 Å². The molecule has 2 aromatic rings. The Hall–Kier alpha value is -3.15. The molecule has 2 aromatic carbocycles. The van der Waals surface area contributed by atoms with Crippen molar-refractivity contribution >= 4 is 12.0 Å². The van der Waals surface area contributed by atoms with Crippen molar-refractivity contribution in [2.24, 2.45) is 0 Å². The molecule has 0 atom stereocenters. The summed E-state index contributed by atoms with van der Waals surface area (Å²) in [4.78, 5) is 14.6. The van der Waals surface area contributed by atoms with Crippen molar-refractivity contribution < 1.29 is 23.7 Å². The molecule has 0 aromatic heterocycles. The molecule has 160 valence electrons. The summed E-state index contributed by atoms with van der Waals surface area (Å²) < 4.78 is 22.0. The van der Waals surface area contributed by atoms with E-state index >= 15 is 0 Å². The lowest BCUT2D eigenvalue weighted by atomic mass is 9.98. The molecule has 0 spiro atoms. The minimum atomic E-state index is -0.0257. The molecule has 3 rings (SSSR count). The number of rotatable bonds is 8. The lowest BCUT2D eigenvalue weighted by molar-refractivity contribution is -0.126. The molecule has 1 aliphatic rings. The number of nitrogens with zero attached hydrogens (tertiary/aromatic N) is 1. The number of amides is 1. The summed E-state index contributed by atoms with van der Waals surface area (Å²) >= 11 is 0. The summed E-state index contributed by atoms with van der Waals surface area (Å²) in [6, 6.07) is 9.61. The molecule has 0 radical (unpaired) electrons. The molecule has 1 heterocycles. The van der Waals surface area contributed by atoms with Crippen LogP contribution in [0.5, 0.6) is 23.0 Å². The van der Waals surface area contributed by atoms with Crippen LogP contribution in [0.3, 0.4) is 0 Å². The Labute approximate surface area is 178 Å². The lowest BCUT2D eigenvalue weighted by Gasteiger charge is -2.29. The summed E-state index contributed by atoms with van der Waals surface area (Å²) in [6.07, 6.45) is 4.19. The molecule has 6 nitrogen and oxygen atoms in total. The van der Waals surface area contributed by atoms with Crippen LogP contribution in [0.15, 0.2) is 36.4 Å². The first-order valence-corrected chi connectivity index (χ1v) is 10.2. The third-order valence-corrected chi connectivity index (χ3v) is 5.02. The molecule has 0 unspecified atom stereocenters. The van der Waals surface area contributed by atoms with Gasteiger partial charge in [0.25, 0.3) is 0 Å². The minimum Gasteiger partial charge on any atom is -0.493 e. The molecular weight excluding hydrogens is 382 g/mol. The number of methoxy groups -OCH3 is 2. The standard InChI is InChI=1S/C24H29NO5/c1-5-29-22-14-18-11-12-25(16-19(18)15-23(22)30-6-2)24(26)10-8-17-7-9-20(27-3)21(13-17)28-4/h7-10,13-15H,5-6,11-12,16H2,1-4H3/b10-8+. The predicted molar refractivity (Wildman–Crippen MR) is 116 cm³/mol. The maximum Gasteiger partial charge on any atom is 0.246 e. The van der Waals surface area contributed by atoms with Crippen LogP contribution in [0.1, 0.15) is 30.5 Å². The van der Waals surface area contributed by atoms with Gasteiger partial charge in [0.15, 0.2) is 23.0 Å². The Balaban J connectivity index is 1.73. The Morgan fingerprint density at radius 1 is 0.933 bits per heavy atom. The average Bonchev–Trinajstić information content (AvgIpc) is 2.77. The smallest absolute Gasteiger partial charge is 0.246 e. The van der Waals surface area contributed by atoms with E-state index in [1.165, 1.54) is 5.56 Å². The first-order valence-electron chi connectivity index (χ1n) is 10.2. The molecule has 0 saturated heterocycles. The van der Waals surface area contributed by atoms with Crippen LogP contribution < -0.4 is 18.9 Å². The quantitative estimate of drug-likeness (QED) is 0.612. The highest BCUT2D eigenvalue weighted by molar-refractivity contribution is 5.92. The van der Waals surface area contributed by atoms with Crippen molar-refractivity contribution in [1.82, 2.24) is 4.90 Å². The molecule has 1 amide bonds. The van der Waals surface area contributed by atoms with Gasteiger partial charge in [-0.1, -0.05) is 6.07 Å². The molecule has 0 saturated carbocycles. The number of hydrogen-bond donors (Lipinski definition) is 0. The van der Waals surface area contributed by atoms with E-state index in [1.54, 1.807) is 26.4 Å². The second kappa shape index (κ2) is 10.1. The molecule has 0 bridgehead atoms. The topological polar surface area (TPSA) is 57.2 Å². The van der Waals surface area contributed by atoms with E-state index < -0.39 is 0 Å². The summed E-state index contributed by atoms with van der Waals surface area (Å²) in [5, 5.41) is 0. The summed E-state index contributed by atoms with van der Waals surface area (Å²) in [5.74, 6) is 2.76. The van der Waals surface area contributed by atoms with Gasteiger partial charge >= 0.3 is 0 Å².